The average molecular weight is 180 g/mol. The molecule has 0 aromatic carbocycles. The third kappa shape index (κ3) is 1.33. The second-order valence-electron chi connectivity index (χ2n) is 3.37. The minimum atomic E-state index is 0.0213. The average Bonchev–Trinajstić information content (AvgIpc) is 2.46. The van der Waals surface area contributed by atoms with E-state index in [-0.39, 0.29) is 18.6 Å². The van der Waals surface area contributed by atoms with Crippen molar-refractivity contribution in [2.24, 2.45) is 0 Å². The van der Waals surface area contributed by atoms with Crippen LogP contribution in [0.2, 0.25) is 0 Å². The molecule has 2 aliphatic heterocycles. The normalized spacial score (nSPS) is 27.3. The Morgan fingerprint density at radius 3 is 3.23 bits per heavy atom. The molecular formula is C8H12N4O. The molecule has 0 saturated carbocycles. The monoisotopic (exact) mass is 180 g/mol. The lowest BCUT2D eigenvalue weighted by Crippen LogP contribution is -2.49. The Labute approximate surface area is 76.9 Å². The van der Waals surface area contributed by atoms with Crippen molar-refractivity contribution in [3.8, 4) is 6.07 Å². The number of amides is 2. The van der Waals surface area contributed by atoms with Crippen LogP contribution in [-0.4, -0.2) is 54.6 Å². The molecule has 2 aliphatic rings. The third-order valence-corrected chi connectivity index (χ3v) is 2.56. The zero-order valence-corrected chi connectivity index (χ0v) is 7.36. The highest BCUT2D eigenvalue weighted by molar-refractivity contribution is 5.77. The van der Waals surface area contributed by atoms with Crippen molar-refractivity contribution in [3.05, 3.63) is 0 Å². The molecule has 2 amide bonds. The summed E-state index contributed by atoms with van der Waals surface area (Å²) < 4.78 is 0. The Hall–Kier alpha value is -1.28. The number of urea groups is 1. The van der Waals surface area contributed by atoms with Crippen LogP contribution in [0, 0.1) is 11.3 Å². The molecular weight excluding hydrogens is 168 g/mol. The molecule has 2 heterocycles. The number of carbonyl (C=O) groups is 1. The van der Waals surface area contributed by atoms with Gasteiger partial charge >= 0.3 is 6.03 Å². The highest BCUT2D eigenvalue weighted by Crippen LogP contribution is 2.16. The van der Waals surface area contributed by atoms with Gasteiger partial charge in [-0.15, -0.1) is 0 Å². The van der Waals surface area contributed by atoms with Gasteiger partial charge in [-0.25, -0.2) is 4.79 Å². The Kier molecular flexibility index (Phi) is 2.07. The van der Waals surface area contributed by atoms with Gasteiger partial charge in [0.1, 0.15) is 6.54 Å². The van der Waals surface area contributed by atoms with Crippen LogP contribution in [0.4, 0.5) is 4.79 Å². The van der Waals surface area contributed by atoms with E-state index >= 15 is 0 Å². The molecule has 2 fully saturated rings. The molecule has 0 aromatic rings. The van der Waals surface area contributed by atoms with Crippen LogP contribution in [0.15, 0.2) is 0 Å². The van der Waals surface area contributed by atoms with Gasteiger partial charge in [-0.1, -0.05) is 0 Å². The van der Waals surface area contributed by atoms with Crippen molar-refractivity contribution in [1.82, 2.24) is 15.1 Å². The van der Waals surface area contributed by atoms with E-state index in [1.807, 2.05) is 11.0 Å². The first kappa shape index (κ1) is 8.32. The number of nitriles is 1. The summed E-state index contributed by atoms with van der Waals surface area (Å²) in [4.78, 5) is 15.1. The lowest BCUT2D eigenvalue weighted by molar-refractivity contribution is 0.181. The number of rotatable bonds is 1. The maximum absolute atomic E-state index is 11.6. The summed E-state index contributed by atoms with van der Waals surface area (Å²) >= 11 is 0. The quantitative estimate of drug-likeness (QED) is 0.538. The predicted octanol–water partition coefficient (Wildman–Crippen LogP) is -0.781. The van der Waals surface area contributed by atoms with E-state index in [1.54, 1.807) is 4.90 Å². The predicted molar refractivity (Wildman–Crippen MR) is 45.9 cm³/mol. The van der Waals surface area contributed by atoms with E-state index in [4.69, 9.17) is 5.26 Å². The summed E-state index contributed by atoms with van der Waals surface area (Å²) in [6, 6.07) is 2.30. The van der Waals surface area contributed by atoms with Crippen molar-refractivity contribution < 1.29 is 4.79 Å². The molecule has 5 nitrogen and oxygen atoms in total. The van der Waals surface area contributed by atoms with Gasteiger partial charge in [-0.3, -0.25) is 0 Å². The first-order chi connectivity index (χ1) is 6.33. The molecule has 13 heavy (non-hydrogen) atoms. The molecule has 70 valence electrons. The third-order valence-electron chi connectivity index (χ3n) is 2.56. The highest BCUT2D eigenvalue weighted by Gasteiger charge is 2.37. The summed E-state index contributed by atoms with van der Waals surface area (Å²) in [7, 11) is 0. The molecule has 0 radical (unpaired) electrons. The standard InChI is InChI=1S/C8H12N4O/c9-1-3-11-6-7-5-10-2-4-12(7)8(11)13/h7,10H,2-6H2/t7-/m0/s1. The number of carbonyl (C=O) groups excluding carboxylic acids is 1. The fraction of sp³-hybridized carbons (Fsp3) is 0.750. The van der Waals surface area contributed by atoms with Crippen molar-refractivity contribution in [2.75, 3.05) is 32.7 Å². The van der Waals surface area contributed by atoms with E-state index in [0.29, 0.717) is 6.54 Å². The molecule has 1 N–H and O–H groups in total. The van der Waals surface area contributed by atoms with Crippen LogP contribution in [0.1, 0.15) is 0 Å². The molecule has 1 atom stereocenters. The van der Waals surface area contributed by atoms with Gasteiger partial charge in [0.05, 0.1) is 12.1 Å². The Balaban J connectivity index is 2.06. The minimum absolute atomic E-state index is 0.0213. The van der Waals surface area contributed by atoms with E-state index in [1.165, 1.54) is 0 Å². The van der Waals surface area contributed by atoms with Crippen molar-refractivity contribution in [1.29, 1.82) is 5.26 Å². The van der Waals surface area contributed by atoms with Crippen molar-refractivity contribution in [3.63, 3.8) is 0 Å². The molecule has 2 rings (SSSR count). The molecule has 2 saturated heterocycles. The number of piperazine rings is 1. The SMILES string of the molecule is N#CCN1C[C@@H]2CNCCN2C1=O. The number of hydrogen-bond acceptors (Lipinski definition) is 3. The van der Waals surface area contributed by atoms with E-state index in [2.05, 4.69) is 5.32 Å². The van der Waals surface area contributed by atoms with Gasteiger partial charge in [0.2, 0.25) is 0 Å². The lowest BCUT2D eigenvalue weighted by atomic mass is 10.2. The molecule has 0 spiro atoms. The fourth-order valence-electron chi connectivity index (χ4n) is 1.91. The van der Waals surface area contributed by atoms with Crippen LogP contribution < -0.4 is 5.32 Å². The van der Waals surface area contributed by atoms with Gasteiger partial charge < -0.3 is 15.1 Å². The summed E-state index contributed by atoms with van der Waals surface area (Å²) in [6.07, 6.45) is 0. The van der Waals surface area contributed by atoms with Crippen molar-refractivity contribution in [2.45, 2.75) is 6.04 Å². The summed E-state index contributed by atoms with van der Waals surface area (Å²) in [6.45, 7) is 3.40. The van der Waals surface area contributed by atoms with E-state index in [0.717, 1.165) is 19.6 Å². The maximum Gasteiger partial charge on any atom is 0.321 e. The largest absolute Gasteiger partial charge is 0.321 e. The summed E-state index contributed by atoms with van der Waals surface area (Å²) in [5.74, 6) is 0. The van der Waals surface area contributed by atoms with Gasteiger partial charge in [0, 0.05) is 26.2 Å². The number of hydrogen-bond donors (Lipinski definition) is 1. The van der Waals surface area contributed by atoms with Crippen molar-refractivity contribution >= 4 is 6.03 Å². The van der Waals surface area contributed by atoms with Crippen LogP contribution in [0.3, 0.4) is 0 Å². The van der Waals surface area contributed by atoms with Gasteiger partial charge in [0.15, 0.2) is 0 Å². The van der Waals surface area contributed by atoms with Gasteiger partial charge in [0.25, 0.3) is 0 Å². The zero-order chi connectivity index (χ0) is 9.26. The fourth-order valence-corrected chi connectivity index (χ4v) is 1.91. The molecule has 0 unspecified atom stereocenters. The highest BCUT2D eigenvalue weighted by atomic mass is 16.2. The van der Waals surface area contributed by atoms with Crippen LogP contribution in [-0.2, 0) is 0 Å². The molecule has 0 aromatic heterocycles. The summed E-state index contributed by atoms with van der Waals surface area (Å²) in [5.41, 5.74) is 0. The van der Waals surface area contributed by atoms with Crippen LogP contribution >= 0.6 is 0 Å². The number of fused-ring (bicyclic) bond motifs is 1. The molecule has 5 heteroatoms. The molecule has 0 aliphatic carbocycles. The Morgan fingerprint density at radius 2 is 2.54 bits per heavy atom. The zero-order valence-electron chi connectivity index (χ0n) is 7.36. The maximum atomic E-state index is 11.6. The Bertz CT molecular complexity index is 259. The first-order valence-corrected chi connectivity index (χ1v) is 4.46. The minimum Gasteiger partial charge on any atom is -0.317 e. The number of nitrogens with zero attached hydrogens (tertiary/aromatic N) is 3. The van der Waals surface area contributed by atoms with Gasteiger partial charge in [-0.2, -0.15) is 5.26 Å². The second kappa shape index (κ2) is 3.23. The topological polar surface area (TPSA) is 59.4 Å². The first-order valence-electron chi connectivity index (χ1n) is 4.46. The molecule has 0 bridgehead atoms. The number of nitrogens with one attached hydrogen (secondary N) is 1. The lowest BCUT2D eigenvalue weighted by Gasteiger charge is -2.28. The second-order valence-corrected chi connectivity index (χ2v) is 3.37. The van der Waals surface area contributed by atoms with E-state index < -0.39 is 0 Å². The van der Waals surface area contributed by atoms with Gasteiger partial charge in [-0.05, 0) is 0 Å². The summed E-state index contributed by atoms with van der Waals surface area (Å²) in [5, 5.41) is 11.7. The Morgan fingerprint density at radius 1 is 1.69 bits per heavy atom. The smallest absolute Gasteiger partial charge is 0.317 e. The van der Waals surface area contributed by atoms with Crippen LogP contribution in [0.25, 0.3) is 0 Å². The van der Waals surface area contributed by atoms with E-state index in [9.17, 15) is 4.79 Å². The van der Waals surface area contributed by atoms with Crippen LogP contribution in [0.5, 0.6) is 0 Å².